The van der Waals surface area contributed by atoms with Crippen LogP contribution < -0.4 is 11.1 Å². The summed E-state index contributed by atoms with van der Waals surface area (Å²) in [6.07, 6.45) is 7.77. The van der Waals surface area contributed by atoms with Crippen LogP contribution in [-0.4, -0.2) is 5.28 Å². The van der Waals surface area contributed by atoms with Gasteiger partial charge in [0.25, 0.3) is 0 Å². The van der Waals surface area contributed by atoms with Crippen LogP contribution in [-0.2, 0) is 0 Å². The fourth-order valence-electron chi connectivity index (χ4n) is 2.36. The molecule has 0 spiro atoms. The van der Waals surface area contributed by atoms with Gasteiger partial charge in [-0.3, -0.25) is 0 Å². The summed E-state index contributed by atoms with van der Waals surface area (Å²) >= 11 is 0. The Balaban J connectivity index is 2.10. The lowest BCUT2D eigenvalue weighted by molar-refractivity contribution is 0.569. The van der Waals surface area contributed by atoms with Gasteiger partial charge in [-0.25, -0.2) is 0 Å². The van der Waals surface area contributed by atoms with Gasteiger partial charge in [0.2, 0.25) is 0 Å². The van der Waals surface area contributed by atoms with Gasteiger partial charge in [0, 0.05) is 0 Å². The second kappa shape index (κ2) is 5.05. The van der Waals surface area contributed by atoms with Crippen LogP contribution in [0, 0.1) is 0 Å². The first-order valence-corrected chi connectivity index (χ1v) is 6.69. The van der Waals surface area contributed by atoms with Crippen molar-refractivity contribution in [2.45, 2.75) is 43.8 Å². The molecule has 1 aromatic rings. The van der Waals surface area contributed by atoms with Gasteiger partial charge in [-0.15, -0.1) is 9.24 Å². The van der Waals surface area contributed by atoms with Gasteiger partial charge in [0.15, 0.2) is 0 Å². The largest absolute Gasteiger partial charge is 0.397 e. The second-order valence-corrected chi connectivity index (χ2v) is 5.89. The van der Waals surface area contributed by atoms with Gasteiger partial charge < -0.3 is 11.1 Å². The van der Waals surface area contributed by atoms with E-state index in [0.29, 0.717) is 0 Å². The van der Waals surface area contributed by atoms with Crippen LogP contribution in [0.5, 0.6) is 0 Å². The van der Waals surface area contributed by atoms with E-state index in [1.807, 2.05) is 18.2 Å². The topological polar surface area (TPSA) is 38.0 Å². The van der Waals surface area contributed by atoms with Gasteiger partial charge in [-0.1, -0.05) is 37.8 Å². The summed E-state index contributed by atoms with van der Waals surface area (Å²) in [5.41, 5.74) is 7.87. The molecule has 1 aliphatic rings. The van der Waals surface area contributed by atoms with E-state index in [9.17, 15) is 0 Å². The third-order valence-electron chi connectivity index (χ3n) is 3.34. The van der Waals surface area contributed by atoms with E-state index in [0.717, 1.165) is 11.4 Å². The molecule has 3 N–H and O–H groups in total. The number of anilines is 2. The predicted octanol–water partition coefficient (Wildman–Crippen LogP) is 3.61. The molecule has 1 saturated carbocycles. The normalized spacial score (nSPS) is 20.1. The lowest BCUT2D eigenvalue weighted by atomic mass is 10.1. The highest BCUT2D eigenvalue weighted by Crippen LogP contribution is 2.36. The molecule has 16 heavy (non-hydrogen) atoms. The van der Waals surface area contributed by atoms with Gasteiger partial charge in [0.05, 0.1) is 16.7 Å². The Morgan fingerprint density at radius 3 is 2.31 bits per heavy atom. The zero-order chi connectivity index (χ0) is 11.4. The molecule has 0 heterocycles. The minimum atomic E-state index is 0.145. The molecular weight excluding hydrogens is 215 g/mol. The number of hydrogen-bond acceptors (Lipinski definition) is 2. The average Bonchev–Trinajstić information content (AvgIpc) is 2.47. The zero-order valence-electron chi connectivity index (χ0n) is 9.71. The summed E-state index contributed by atoms with van der Waals surface area (Å²) in [4.78, 5) is 0. The van der Waals surface area contributed by atoms with Crippen molar-refractivity contribution >= 4 is 20.6 Å². The summed E-state index contributed by atoms with van der Waals surface area (Å²) in [6, 6.07) is 8.02. The van der Waals surface area contributed by atoms with Crippen molar-refractivity contribution in [3.05, 3.63) is 24.3 Å². The van der Waals surface area contributed by atoms with Crippen LogP contribution in [0.25, 0.3) is 0 Å². The number of rotatable bonds is 2. The van der Waals surface area contributed by atoms with E-state index in [-0.39, 0.29) is 5.28 Å². The minimum absolute atomic E-state index is 0.145. The first-order valence-electron chi connectivity index (χ1n) is 6.11. The molecule has 0 aromatic heterocycles. The Labute approximate surface area is 100 Å². The van der Waals surface area contributed by atoms with Crippen LogP contribution in [0.3, 0.4) is 0 Å². The Morgan fingerprint density at radius 1 is 1.06 bits per heavy atom. The number of para-hydroxylation sites is 2. The zero-order valence-corrected chi connectivity index (χ0v) is 10.9. The van der Waals surface area contributed by atoms with Crippen LogP contribution in [0.2, 0.25) is 0 Å². The molecule has 1 aliphatic carbocycles. The van der Waals surface area contributed by atoms with Crippen molar-refractivity contribution in [2.75, 3.05) is 11.1 Å². The molecule has 1 unspecified atom stereocenters. The number of nitrogen functional groups attached to an aromatic ring is 1. The summed E-state index contributed by atoms with van der Waals surface area (Å²) in [6.45, 7) is 0. The third kappa shape index (κ3) is 2.89. The number of nitrogens with two attached hydrogens (primary N) is 1. The van der Waals surface area contributed by atoms with Crippen molar-refractivity contribution < 1.29 is 0 Å². The first-order chi connectivity index (χ1) is 7.70. The van der Waals surface area contributed by atoms with Gasteiger partial charge >= 0.3 is 0 Å². The maximum Gasteiger partial charge on any atom is 0.0580 e. The number of nitrogens with one attached hydrogen (secondary N) is 1. The summed E-state index contributed by atoms with van der Waals surface area (Å²) < 4.78 is 0. The predicted molar refractivity (Wildman–Crippen MR) is 74.6 cm³/mol. The highest BCUT2D eigenvalue weighted by atomic mass is 31.0. The van der Waals surface area contributed by atoms with Gasteiger partial charge in [-0.2, -0.15) is 0 Å². The first kappa shape index (κ1) is 11.7. The average molecular weight is 236 g/mol. The van der Waals surface area contributed by atoms with Crippen molar-refractivity contribution in [2.24, 2.45) is 0 Å². The van der Waals surface area contributed by atoms with E-state index < -0.39 is 0 Å². The smallest absolute Gasteiger partial charge is 0.0580 e. The van der Waals surface area contributed by atoms with Gasteiger partial charge in [0.1, 0.15) is 0 Å². The molecule has 0 amide bonds. The highest BCUT2D eigenvalue weighted by Gasteiger charge is 2.25. The molecule has 88 valence electrons. The molecule has 1 fully saturated rings. The van der Waals surface area contributed by atoms with Crippen molar-refractivity contribution in [3.8, 4) is 0 Å². The summed E-state index contributed by atoms with van der Waals surface area (Å²) in [7, 11) is 3.00. The van der Waals surface area contributed by atoms with Crippen LogP contribution in [0.15, 0.2) is 24.3 Å². The summed E-state index contributed by atoms with van der Waals surface area (Å²) in [5.74, 6) is 0. The van der Waals surface area contributed by atoms with Gasteiger partial charge in [-0.05, 0) is 25.0 Å². The molecular formula is C13H21N2P. The van der Waals surface area contributed by atoms with Crippen molar-refractivity contribution in [1.82, 2.24) is 0 Å². The SMILES string of the molecule is Nc1ccccc1NC1(P)CCCCCC1. The van der Waals surface area contributed by atoms with E-state index in [1.54, 1.807) is 0 Å². The molecule has 0 aliphatic heterocycles. The standard InChI is InChI=1S/C13H21N2P/c14-11-7-3-4-8-12(11)15-13(16)9-5-1-2-6-10-13/h3-4,7-8,15H,1-2,5-6,9-10,14,16H2. The van der Waals surface area contributed by atoms with E-state index >= 15 is 0 Å². The fraction of sp³-hybridized carbons (Fsp3) is 0.538. The quantitative estimate of drug-likeness (QED) is 0.467. The highest BCUT2D eigenvalue weighted by molar-refractivity contribution is 7.19. The van der Waals surface area contributed by atoms with Crippen molar-refractivity contribution in [1.29, 1.82) is 0 Å². The van der Waals surface area contributed by atoms with E-state index in [1.165, 1.54) is 38.5 Å². The molecule has 0 radical (unpaired) electrons. The maximum atomic E-state index is 5.96. The number of benzene rings is 1. The summed E-state index contributed by atoms with van der Waals surface area (Å²) in [5, 5.41) is 3.75. The minimum Gasteiger partial charge on any atom is -0.397 e. The third-order valence-corrected chi connectivity index (χ3v) is 4.06. The fourth-order valence-corrected chi connectivity index (χ4v) is 2.93. The molecule has 2 nitrogen and oxygen atoms in total. The van der Waals surface area contributed by atoms with Crippen LogP contribution in [0.1, 0.15) is 38.5 Å². The van der Waals surface area contributed by atoms with Crippen LogP contribution in [0.4, 0.5) is 11.4 Å². The molecule has 2 rings (SSSR count). The van der Waals surface area contributed by atoms with Crippen LogP contribution >= 0.6 is 9.24 Å². The maximum absolute atomic E-state index is 5.96. The molecule has 3 heteroatoms. The lowest BCUT2D eigenvalue weighted by Gasteiger charge is -2.31. The Kier molecular flexibility index (Phi) is 3.70. The molecule has 0 saturated heterocycles. The monoisotopic (exact) mass is 236 g/mol. The number of hydrogen-bond donors (Lipinski definition) is 2. The van der Waals surface area contributed by atoms with Crippen molar-refractivity contribution in [3.63, 3.8) is 0 Å². The molecule has 1 aromatic carbocycles. The molecule has 1 atom stereocenters. The Hall–Kier alpha value is -0.750. The van der Waals surface area contributed by atoms with E-state index in [4.69, 9.17) is 5.73 Å². The molecule has 0 bridgehead atoms. The Bertz CT molecular complexity index is 344. The lowest BCUT2D eigenvalue weighted by Crippen LogP contribution is -2.30. The second-order valence-electron chi connectivity index (χ2n) is 4.78. The Morgan fingerprint density at radius 2 is 1.69 bits per heavy atom. The van der Waals surface area contributed by atoms with E-state index in [2.05, 4.69) is 20.6 Å².